The zero-order valence-corrected chi connectivity index (χ0v) is 5.63. The van der Waals surface area contributed by atoms with Crippen LogP contribution in [0.4, 0.5) is 0 Å². The number of esters is 1. The molecule has 0 atom stereocenters. The average molecular weight is 137 g/mol. The van der Waals surface area contributed by atoms with Crippen molar-refractivity contribution < 1.29 is 9.53 Å². The molecule has 10 heavy (non-hydrogen) atoms. The summed E-state index contributed by atoms with van der Waals surface area (Å²) in [6.07, 6.45) is 2.14. The number of nitriles is 1. The number of carbonyl (C=O) groups excluding carboxylic acids is 1. The first kappa shape index (κ1) is 8.44. The third-order valence-corrected chi connectivity index (χ3v) is 0.793. The van der Waals surface area contributed by atoms with Crippen LogP contribution in [0.2, 0.25) is 0 Å². The molecule has 0 fully saturated rings. The number of hydrogen-bond acceptors (Lipinski definition) is 3. The lowest BCUT2D eigenvalue weighted by Crippen LogP contribution is -1.99. The summed E-state index contributed by atoms with van der Waals surface area (Å²) < 4.78 is 4.36. The van der Waals surface area contributed by atoms with Crippen LogP contribution >= 0.6 is 0 Å². The van der Waals surface area contributed by atoms with E-state index in [0.29, 0.717) is 0 Å². The van der Waals surface area contributed by atoms with E-state index in [0.717, 1.165) is 12.3 Å². The van der Waals surface area contributed by atoms with E-state index in [2.05, 4.69) is 11.3 Å². The summed E-state index contributed by atoms with van der Waals surface area (Å²) in [5.74, 6) is -0.545. The van der Waals surface area contributed by atoms with Crippen molar-refractivity contribution in [3.8, 4) is 6.07 Å². The first-order chi connectivity index (χ1) is 4.72. The summed E-state index contributed by atoms with van der Waals surface area (Å²) in [5.41, 5.74) is 0.266. The largest absolute Gasteiger partial charge is 0.432 e. The van der Waals surface area contributed by atoms with E-state index in [4.69, 9.17) is 5.26 Å². The van der Waals surface area contributed by atoms with Gasteiger partial charge >= 0.3 is 5.97 Å². The second kappa shape index (κ2) is 4.33. The molecule has 0 aromatic carbocycles. The highest BCUT2D eigenvalue weighted by molar-refractivity contribution is 5.88. The molecular formula is C7H7NO2. The fourth-order valence-corrected chi connectivity index (χ4v) is 0.324. The minimum atomic E-state index is -0.545. The summed E-state index contributed by atoms with van der Waals surface area (Å²) in [4.78, 5) is 10.6. The van der Waals surface area contributed by atoms with Crippen molar-refractivity contribution in [1.29, 1.82) is 5.26 Å². The highest BCUT2D eigenvalue weighted by Gasteiger charge is 2.01. The summed E-state index contributed by atoms with van der Waals surface area (Å²) in [6, 6.07) is 1.71. The predicted octanol–water partition coefficient (Wildman–Crippen LogP) is 1.14. The van der Waals surface area contributed by atoms with Crippen LogP contribution in [0.25, 0.3) is 0 Å². The number of ether oxygens (including phenoxy) is 1. The Balaban J connectivity index is 4.10. The lowest BCUT2D eigenvalue weighted by Gasteiger charge is -1.93. The summed E-state index contributed by atoms with van der Waals surface area (Å²) in [5, 5.41) is 8.09. The van der Waals surface area contributed by atoms with Crippen LogP contribution in [-0.4, -0.2) is 5.97 Å². The van der Waals surface area contributed by atoms with Gasteiger partial charge in [-0.15, -0.1) is 0 Å². The van der Waals surface area contributed by atoms with Crippen LogP contribution in [0.5, 0.6) is 0 Å². The molecule has 0 saturated carbocycles. The van der Waals surface area contributed by atoms with Crippen molar-refractivity contribution in [2.75, 3.05) is 0 Å². The first-order valence-electron chi connectivity index (χ1n) is 2.60. The molecule has 0 aromatic heterocycles. The van der Waals surface area contributed by atoms with Crippen molar-refractivity contribution in [2.24, 2.45) is 0 Å². The van der Waals surface area contributed by atoms with Crippen molar-refractivity contribution in [2.45, 2.75) is 6.92 Å². The summed E-state index contributed by atoms with van der Waals surface area (Å²) in [6.45, 7) is 4.69. The highest BCUT2D eigenvalue weighted by Crippen LogP contribution is 1.94. The van der Waals surface area contributed by atoms with Gasteiger partial charge in [-0.1, -0.05) is 6.58 Å². The van der Waals surface area contributed by atoms with Gasteiger partial charge in [0.05, 0.1) is 12.3 Å². The normalized spacial score (nSPS) is 9.80. The fraction of sp³-hybridized carbons (Fsp3) is 0.143. The molecule has 0 N–H and O–H groups in total. The highest BCUT2D eigenvalue weighted by atomic mass is 16.5. The second-order valence-electron chi connectivity index (χ2n) is 1.53. The Morgan fingerprint density at radius 2 is 2.40 bits per heavy atom. The molecule has 3 heteroatoms. The van der Waals surface area contributed by atoms with Crippen LogP contribution in [0.15, 0.2) is 24.5 Å². The maximum Gasteiger partial charge on any atom is 0.339 e. The van der Waals surface area contributed by atoms with Crippen molar-refractivity contribution >= 4 is 5.97 Å². The van der Waals surface area contributed by atoms with Crippen molar-refractivity contribution in [3.63, 3.8) is 0 Å². The molecule has 0 bridgehead atoms. The van der Waals surface area contributed by atoms with E-state index in [1.807, 2.05) is 0 Å². The molecular weight excluding hydrogens is 130 g/mol. The third kappa shape index (κ3) is 2.68. The van der Waals surface area contributed by atoms with Gasteiger partial charge in [0, 0.05) is 11.6 Å². The van der Waals surface area contributed by atoms with Crippen LogP contribution in [0, 0.1) is 11.3 Å². The lowest BCUT2D eigenvalue weighted by molar-refractivity contribution is -0.133. The van der Waals surface area contributed by atoms with E-state index >= 15 is 0 Å². The number of hydrogen-bond donors (Lipinski definition) is 0. The van der Waals surface area contributed by atoms with E-state index in [9.17, 15) is 4.79 Å². The van der Waals surface area contributed by atoms with Gasteiger partial charge in [0.25, 0.3) is 0 Å². The molecule has 52 valence electrons. The molecule has 0 unspecified atom stereocenters. The predicted molar refractivity (Wildman–Crippen MR) is 35.7 cm³/mol. The Bertz CT molecular complexity index is 210. The first-order valence-corrected chi connectivity index (χ1v) is 2.60. The Kier molecular flexibility index (Phi) is 3.66. The second-order valence-corrected chi connectivity index (χ2v) is 1.53. The van der Waals surface area contributed by atoms with Gasteiger partial charge in [-0.05, 0) is 6.92 Å². The van der Waals surface area contributed by atoms with E-state index < -0.39 is 5.97 Å². The maximum absolute atomic E-state index is 10.6. The third-order valence-electron chi connectivity index (χ3n) is 0.793. The number of carbonyl (C=O) groups is 1. The van der Waals surface area contributed by atoms with Crippen LogP contribution in [0.1, 0.15) is 6.92 Å². The number of nitrogens with zero attached hydrogens (tertiary/aromatic N) is 1. The average Bonchev–Trinajstić information content (AvgIpc) is 1.89. The Labute approximate surface area is 59.2 Å². The molecule has 0 rings (SSSR count). The van der Waals surface area contributed by atoms with Gasteiger partial charge in [-0.25, -0.2) is 4.79 Å². The molecule has 0 aliphatic heterocycles. The minimum absolute atomic E-state index is 0.266. The monoisotopic (exact) mass is 137 g/mol. The number of allylic oxidation sites excluding steroid dienone is 1. The standard InChI is InChI=1S/C7H7NO2/c1-3-10-7(9)6(2)4-5-8/h3-4H,1H2,2H3. The molecule has 0 aromatic rings. The molecule has 0 heterocycles. The van der Waals surface area contributed by atoms with Gasteiger partial charge in [-0.3, -0.25) is 0 Å². The summed E-state index contributed by atoms with van der Waals surface area (Å²) >= 11 is 0. The van der Waals surface area contributed by atoms with E-state index in [-0.39, 0.29) is 5.57 Å². The van der Waals surface area contributed by atoms with Crippen molar-refractivity contribution in [1.82, 2.24) is 0 Å². The molecule has 0 spiro atoms. The van der Waals surface area contributed by atoms with Crippen LogP contribution in [0.3, 0.4) is 0 Å². The molecule has 0 aliphatic rings. The Hall–Kier alpha value is -1.56. The Morgan fingerprint density at radius 1 is 1.80 bits per heavy atom. The van der Waals surface area contributed by atoms with E-state index in [1.54, 1.807) is 6.07 Å². The van der Waals surface area contributed by atoms with Gasteiger partial charge in [0.2, 0.25) is 0 Å². The topological polar surface area (TPSA) is 50.1 Å². The fourth-order valence-electron chi connectivity index (χ4n) is 0.324. The quantitative estimate of drug-likeness (QED) is 0.248. The van der Waals surface area contributed by atoms with Gasteiger partial charge < -0.3 is 4.74 Å². The minimum Gasteiger partial charge on any atom is -0.432 e. The molecule has 3 nitrogen and oxygen atoms in total. The molecule has 0 amide bonds. The summed E-state index contributed by atoms with van der Waals surface area (Å²) in [7, 11) is 0. The smallest absolute Gasteiger partial charge is 0.339 e. The van der Waals surface area contributed by atoms with Gasteiger partial charge in [0.15, 0.2) is 0 Å². The van der Waals surface area contributed by atoms with Crippen LogP contribution in [-0.2, 0) is 9.53 Å². The molecule has 0 saturated heterocycles. The zero-order valence-electron chi connectivity index (χ0n) is 5.63. The molecule has 0 radical (unpaired) electrons. The van der Waals surface area contributed by atoms with E-state index in [1.165, 1.54) is 6.92 Å². The van der Waals surface area contributed by atoms with Gasteiger partial charge in [0.1, 0.15) is 0 Å². The number of rotatable bonds is 2. The maximum atomic E-state index is 10.6. The van der Waals surface area contributed by atoms with Crippen LogP contribution < -0.4 is 0 Å². The van der Waals surface area contributed by atoms with Crippen molar-refractivity contribution in [3.05, 3.63) is 24.5 Å². The zero-order chi connectivity index (χ0) is 7.98. The van der Waals surface area contributed by atoms with Gasteiger partial charge in [-0.2, -0.15) is 5.26 Å². The molecule has 0 aliphatic carbocycles. The SMILES string of the molecule is C=COC(=O)C(C)=CC#N. The lowest BCUT2D eigenvalue weighted by atomic mass is 10.3. The Morgan fingerprint density at radius 3 is 2.80 bits per heavy atom.